The van der Waals surface area contributed by atoms with E-state index < -0.39 is 23.4 Å². The zero-order chi connectivity index (χ0) is 34.9. The molecule has 3 aromatic heterocycles. The highest BCUT2D eigenvalue weighted by molar-refractivity contribution is 6.08. The Morgan fingerprint density at radius 2 is 1.90 bits per heavy atom. The summed E-state index contributed by atoms with van der Waals surface area (Å²) in [6.07, 6.45) is 3.99. The van der Waals surface area contributed by atoms with Gasteiger partial charge in [-0.2, -0.15) is 0 Å². The van der Waals surface area contributed by atoms with Crippen LogP contribution in [0.3, 0.4) is 0 Å². The summed E-state index contributed by atoms with van der Waals surface area (Å²) in [5.41, 5.74) is 7.45. The average Bonchev–Trinajstić information content (AvgIpc) is 3.61. The molecule has 1 fully saturated rings. The number of nitrogens with zero attached hydrogens (tertiary/aromatic N) is 5. The minimum absolute atomic E-state index is 0.0599. The van der Waals surface area contributed by atoms with Crippen LogP contribution in [0.25, 0.3) is 27.9 Å². The Labute approximate surface area is 279 Å². The predicted molar refractivity (Wildman–Crippen MR) is 178 cm³/mol. The number of benzene rings is 2. The standard InChI is InChI=1S/C36H33F3N6O4/c1-36(2)19-48-18-32(36)45-31-10-20(35(46)47)7-8-29(31)43-33(45)11-21-9-27(39)24(12-25(21)37)28-5-4-6-34(44-28)49-17-23-16-42-30(13-26(23)38)22(14-40)15-41-3/h4-10,12-16,32H,11,17-19,40H2,1-3H3,(H,46,47)/b22-14+,41-15?/t32-/m1/s1. The largest absolute Gasteiger partial charge is 0.478 e. The first-order valence-electron chi connectivity index (χ1n) is 15.4. The molecular formula is C36H33F3N6O4. The van der Waals surface area contributed by atoms with E-state index in [0.29, 0.717) is 41.3 Å². The Balaban J connectivity index is 1.26. The minimum atomic E-state index is -1.08. The third-order valence-corrected chi connectivity index (χ3v) is 8.51. The molecule has 0 unspecified atom stereocenters. The molecule has 4 heterocycles. The van der Waals surface area contributed by atoms with Crippen molar-refractivity contribution in [2.75, 3.05) is 20.3 Å². The van der Waals surface area contributed by atoms with Crippen LogP contribution in [0.4, 0.5) is 13.2 Å². The fraction of sp³-hybridized carbons (Fsp3) is 0.250. The third-order valence-electron chi connectivity index (χ3n) is 8.51. The van der Waals surface area contributed by atoms with E-state index in [0.717, 1.165) is 12.1 Å². The van der Waals surface area contributed by atoms with Gasteiger partial charge in [-0.3, -0.25) is 9.98 Å². The molecule has 49 heavy (non-hydrogen) atoms. The van der Waals surface area contributed by atoms with E-state index in [4.69, 9.17) is 20.2 Å². The van der Waals surface area contributed by atoms with E-state index in [9.17, 15) is 14.3 Å². The molecule has 2 aromatic carbocycles. The molecular weight excluding hydrogens is 637 g/mol. The van der Waals surface area contributed by atoms with Crippen LogP contribution in [0.1, 0.15) is 52.9 Å². The van der Waals surface area contributed by atoms with Crippen molar-refractivity contribution < 1.29 is 32.5 Å². The van der Waals surface area contributed by atoms with E-state index in [1.54, 1.807) is 25.2 Å². The van der Waals surface area contributed by atoms with Gasteiger partial charge in [0.25, 0.3) is 0 Å². The van der Waals surface area contributed by atoms with E-state index in [-0.39, 0.29) is 58.3 Å². The number of fused-ring (bicyclic) bond motifs is 1. The van der Waals surface area contributed by atoms with Crippen LogP contribution >= 0.6 is 0 Å². The molecule has 5 aromatic rings. The Morgan fingerprint density at radius 3 is 2.59 bits per heavy atom. The molecule has 0 saturated carbocycles. The number of carboxylic acid groups (broad SMARTS) is 1. The maximum Gasteiger partial charge on any atom is 0.335 e. The summed E-state index contributed by atoms with van der Waals surface area (Å²) >= 11 is 0. The Morgan fingerprint density at radius 1 is 1.10 bits per heavy atom. The second-order valence-corrected chi connectivity index (χ2v) is 12.3. The molecule has 1 atom stereocenters. The Hall–Kier alpha value is -5.56. The quantitative estimate of drug-likeness (QED) is 0.164. The molecule has 0 amide bonds. The van der Waals surface area contributed by atoms with Gasteiger partial charge in [-0.25, -0.2) is 27.9 Å². The number of rotatable bonds is 10. The topological polar surface area (TPSA) is 138 Å². The van der Waals surface area contributed by atoms with Crippen LogP contribution in [0.2, 0.25) is 0 Å². The number of nitrogens with two attached hydrogens (primary N) is 1. The lowest BCUT2D eigenvalue weighted by molar-refractivity contribution is 0.0697. The lowest BCUT2D eigenvalue weighted by atomic mass is 9.87. The van der Waals surface area contributed by atoms with Crippen molar-refractivity contribution in [3.8, 4) is 17.1 Å². The van der Waals surface area contributed by atoms with E-state index in [1.807, 2.05) is 18.4 Å². The van der Waals surface area contributed by atoms with Crippen molar-refractivity contribution in [2.24, 2.45) is 16.1 Å². The van der Waals surface area contributed by atoms with Gasteiger partial charge >= 0.3 is 5.97 Å². The number of aliphatic imine (C=N–C) groups is 1. The number of ether oxygens (including phenoxy) is 2. The molecule has 6 rings (SSSR count). The highest BCUT2D eigenvalue weighted by atomic mass is 19.1. The third kappa shape index (κ3) is 6.74. The number of hydrogen-bond donors (Lipinski definition) is 2. The second kappa shape index (κ2) is 13.5. The molecule has 0 bridgehead atoms. The van der Waals surface area contributed by atoms with Crippen LogP contribution in [-0.2, 0) is 17.8 Å². The maximum atomic E-state index is 15.7. The monoisotopic (exact) mass is 670 g/mol. The van der Waals surface area contributed by atoms with Gasteiger partial charge < -0.3 is 24.9 Å². The lowest BCUT2D eigenvalue weighted by Crippen LogP contribution is -2.27. The molecule has 0 spiro atoms. The number of carbonyl (C=O) groups is 1. The van der Waals surface area contributed by atoms with Gasteiger partial charge in [0.05, 0.1) is 47.2 Å². The first kappa shape index (κ1) is 33.3. The van der Waals surface area contributed by atoms with Crippen molar-refractivity contribution in [3.05, 3.63) is 113 Å². The van der Waals surface area contributed by atoms with Crippen LogP contribution in [0, 0.1) is 22.9 Å². The fourth-order valence-electron chi connectivity index (χ4n) is 5.87. The molecule has 13 heteroatoms. The van der Waals surface area contributed by atoms with Crippen molar-refractivity contribution in [2.45, 2.75) is 32.9 Å². The highest BCUT2D eigenvalue weighted by Crippen LogP contribution is 2.40. The van der Waals surface area contributed by atoms with Crippen molar-refractivity contribution in [1.29, 1.82) is 0 Å². The van der Waals surface area contributed by atoms with Gasteiger partial charge in [-0.05, 0) is 42.0 Å². The van der Waals surface area contributed by atoms with E-state index >= 15 is 8.78 Å². The summed E-state index contributed by atoms with van der Waals surface area (Å²) in [5, 5.41) is 9.61. The van der Waals surface area contributed by atoms with Gasteiger partial charge in [0, 0.05) is 66.3 Å². The highest BCUT2D eigenvalue weighted by Gasteiger charge is 2.39. The zero-order valence-electron chi connectivity index (χ0n) is 27.0. The van der Waals surface area contributed by atoms with Crippen molar-refractivity contribution >= 4 is 28.8 Å². The van der Waals surface area contributed by atoms with Crippen LogP contribution in [-0.4, -0.2) is 57.1 Å². The fourth-order valence-corrected chi connectivity index (χ4v) is 5.87. The average molecular weight is 671 g/mol. The first-order chi connectivity index (χ1) is 23.5. The molecule has 1 aliphatic heterocycles. The molecule has 3 N–H and O–H groups in total. The summed E-state index contributed by atoms with van der Waals surface area (Å²) < 4.78 is 59.6. The molecule has 10 nitrogen and oxygen atoms in total. The second-order valence-electron chi connectivity index (χ2n) is 12.3. The smallest absolute Gasteiger partial charge is 0.335 e. The number of imidazole rings is 1. The number of aromatic nitrogens is 4. The molecule has 252 valence electrons. The van der Waals surface area contributed by atoms with Gasteiger partial charge in [0.15, 0.2) is 0 Å². The van der Waals surface area contributed by atoms with Crippen molar-refractivity contribution in [1.82, 2.24) is 19.5 Å². The number of pyridine rings is 2. The van der Waals surface area contributed by atoms with Gasteiger partial charge in [0.1, 0.15) is 29.9 Å². The van der Waals surface area contributed by atoms with Gasteiger partial charge in [-0.1, -0.05) is 19.9 Å². The summed E-state index contributed by atoms with van der Waals surface area (Å²) in [4.78, 5) is 28.9. The maximum absolute atomic E-state index is 15.7. The molecule has 0 aliphatic carbocycles. The van der Waals surface area contributed by atoms with Crippen LogP contribution in [0.15, 0.2) is 72.0 Å². The normalized spacial score (nSPS) is 16.1. The Kier molecular flexibility index (Phi) is 9.20. The van der Waals surface area contributed by atoms with Crippen molar-refractivity contribution in [3.63, 3.8) is 0 Å². The van der Waals surface area contributed by atoms with Gasteiger partial charge in [-0.15, -0.1) is 0 Å². The summed E-state index contributed by atoms with van der Waals surface area (Å²) in [7, 11) is 1.56. The summed E-state index contributed by atoms with van der Waals surface area (Å²) in [6, 6.07) is 12.4. The molecule has 1 aliphatic rings. The summed E-state index contributed by atoms with van der Waals surface area (Å²) in [6.45, 7) is 4.68. The zero-order valence-corrected chi connectivity index (χ0v) is 27.0. The van der Waals surface area contributed by atoms with Gasteiger partial charge in [0.2, 0.25) is 5.88 Å². The Bertz CT molecular complexity index is 2130. The molecule has 0 radical (unpaired) electrons. The predicted octanol–water partition coefficient (Wildman–Crippen LogP) is 6.38. The first-order valence-corrected chi connectivity index (χ1v) is 15.4. The number of halogens is 3. The summed E-state index contributed by atoms with van der Waals surface area (Å²) in [5.74, 6) is -2.53. The lowest BCUT2D eigenvalue weighted by Gasteiger charge is -2.28. The molecule has 1 saturated heterocycles. The van der Waals surface area contributed by atoms with Crippen LogP contribution < -0.4 is 10.5 Å². The number of allylic oxidation sites excluding steroid dienone is 1. The number of carboxylic acids is 1. The van der Waals surface area contributed by atoms with E-state index in [2.05, 4.69) is 15.0 Å². The SMILES string of the molecule is CN=C/C(=C\N)c1cc(F)c(COc2cccc(-c3cc(F)c(Cc4nc5ccc(C(=O)O)cc5n4[C@@H]4COCC4(C)C)cc3F)n2)cn1. The van der Waals surface area contributed by atoms with E-state index in [1.165, 1.54) is 42.9 Å². The number of hydrogen-bond acceptors (Lipinski definition) is 8. The number of aromatic carboxylic acids is 1. The minimum Gasteiger partial charge on any atom is -0.478 e. The van der Waals surface area contributed by atoms with Crippen LogP contribution in [0.5, 0.6) is 5.88 Å².